The van der Waals surface area contributed by atoms with Crippen molar-refractivity contribution in [1.82, 2.24) is 15.7 Å². The standard InChI is InChI=1S/C18H17N5O3/c1-10(2)23-14-7-6-11(8-13(14)20-22-23)18-19-17(21-26-18)12-4-3-5-15-16(12)25-9-24-15/h3-8,10,20,22H,9H2,1-2H3. The molecule has 0 bridgehead atoms. The molecule has 3 aromatic rings. The number of rotatable bonds is 3. The van der Waals surface area contributed by atoms with E-state index in [9.17, 15) is 0 Å². The van der Waals surface area contributed by atoms with Crippen LogP contribution in [-0.2, 0) is 0 Å². The third-order valence-corrected chi connectivity index (χ3v) is 4.39. The quantitative estimate of drug-likeness (QED) is 0.744. The lowest BCUT2D eigenvalue weighted by Crippen LogP contribution is -2.41. The summed E-state index contributed by atoms with van der Waals surface area (Å²) >= 11 is 0. The summed E-state index contributed by atoms with van der Waals surface area (Å²) in [6.45, 7) is 4.44. The number of hydrogen-bond acceptors (Lipinski definition) is 8. The smallest absolute Gasteiger partial charge is 0.258 e. The van der Waals surface area contributed by atoms with Crippen molar-refractivity contribution in [2.45, 2.75) is 19.9 Å². The maximum atomic E-state index is 5.53. The van der Waals surface area contributed by atoms with Gasteiger partial charge < -0.3 is 19.4 Å². The molecule has 3 heterocycles. The Labute approximate surface area is 149 Å². The Balaban J connectivity index is 1.49. The maximum absolute atomic E-state index is 5.53. The van der Waals surface area contributed by atoms with Gasteiger partial charge in [-0.05, 0) is 44.2 Å². The van der Waals surface area contributed by atoms with Gasteiger partial charge in [-0.1, -0.05) is 11.2 Å². The molecule has 0 saturated heterocycles. The number of anilines is 2. The highest BCUT2D eigenvalue weighted by Crippen LogP contribution is 2.41. The number of aromatic nitrogens is 2. The van der Waals surface area contributed by atoms with Gasteiger partial charge in [-0.2, -0.15) is 4.98 Å². The van der Waals surface area contributed by atoms with E-state index in [1.165, 1.54) is 0 Å². The van der Waals surface area contributed by atoms with Crippen LogP contribution >= 0.6 is 0 Å². The molecule has 0 spiro atoms. The van der Waals surface area contributed by atoms with Crippen LogP contribution in [0.5, 0.6) is 11.5 Å². The SMILES string of the molecule is CC(C)N1NNc2cc(-c3nc(-c4cccc5c4OCO5)no3)ccc21. The van der Waals surface area contributed by atoms with Crippen LogP contribution < -0.4 is 25.4 Å². The molecule has 1 aromatic heterocycles. The van der Waals surface area contributed by atoms with Crippen LogP contribution in [0.3, 0.4) is 0 Å². The van der Waals surface area contributed by atoms with Crippen LogP contribution in [-0.4, -0.2) is 23.0 Å². The van der Waals surface area contributed by atoms with Crippen molar-refractivity contribution in [3.8, 4) is 34.3 Å². The van der Waals surface area contributed by atoms with Crippen molar-refractivity contribution in [3.63, 3.8) is 0 Å². The van der Waals surface area contributed by atoms with Crippen molar-refractivity contribution >= 4 is 11.4 Å². The predicted octanol–water partition coefficient (Wildman–Crippen LogP) is 3.19. The van der Waals surface area contributed by atoms with Crippen LogP contribution in [0.25, 0.3) is 22.8 Å². The maximum Gasteiger partial charge on any atom is 0.258 e. The second kappa shape index (κ2) is 5.63. The lowest BCUT2D eigenvalue weighted by molar-refractivity contribution is 0.174. The molecule has 0 saturated carbocycles. The minimum absolute atomic E-state index is 0.201. The van der Waals surface area contributed by atoms with Crippen LogP contribution in [0.4, 0.5) is 11.4 Å². The molecule has 5 rings (SSSR count). The topological polar surface area (TPSA) is 84.7 Å². The second-order valence-corrected chi connectivity index (χ2v) is 6.39. The number of nitrogens with one attached hydrogen (secondary N) is 2. The summed E-state index contributed by atoms with van der Waals surface area (Å²) in [6, 6.07) is 11.9. The lowest BCUT2D eigenvalue weighted by Gasteiger charge is -2.21. The summed E-state index contributed by atoms with van der Waals surface area (Å²) in [7, 11) is 0. The van der Waals surface area contributed by atoms with Crippen LogP contribution in [0.15, 0.2) is 40.9 Å². The molecule has 0 amide bonds. The zero-order valence-electron chi connectivity index (χ0n) is 14.3. The number of fused-ring (bicyclic) bond motifs is 2. The molecule has 132 valence electrons. The molecule has 0 atom stereocenters. The molecule has 8 heteroatoms. The molecule has 0 unspecified atom stereocenters. The van der Waals surface area contributed by atoms with Crippen LogP contribution in [0.2, 0.25) is 0 Å². The molecule has 26 heavy (non-hydrogen) atoms. The zero-order valence-corrected chi connectivity index (χ0v) is 14.3. The van der Waals surface area contributed by atoms with Crippen LogP contribution in [0, 0.1) is 0 Å². The van der Waals surface area contributed by atoms with Crippen molar-refractivity contribution < 1.29 is 14.0 Å². The third kappa shape index (κ3) is 2.26. The van der Waals surface area contributed by atoms with E-state index in [0.717, 1.165) is 22.5 Å². The van der Waals surface area contributed by atoms with E-state index < -0.39 is 0 Å². The van der Waals surface area contributed by atoms with Gasteiger partial charge in [-0.25, -0.2) is 0 Å². The van der Waals surface area contributed by atoms with Gasteiger partial charge in [0.1, 0.15) is 0 Å². The number of ether oxygens (including phenoxy) is 2. The number of para-hydroxylation sites is 1. The average Bonchev–Trinajstić information content (AvgIpc) is 3.38. The molecule has 8 nitrogen and oxygen atoms in total. The fraction of sp³-hybridized carbons (Fsp3) is 0.222. The normalized spacial score (nSPS) is 14.7. The Morgan fingerprint density at radius 2 is 2.08 bits per heavy atom. The van der Waals surface area contributed by atoms with Gasteiger partial charge in [-0.15, -0.1) is 5.53 Å². The Morgan fingerprint density at radius 1 is 1.15 bits per heavy atom. The van der Waals surface area contributed by atoms with Gasteiger partial charge in [0.25, 0.3) is 5.89 Å². The Hall–Kier alpha value is -3.26. The molecule has 0 fully saturated rings. The first-order valence-electron chi connectivity index (χ1n) is 8.39. The first-order chi connectivity index (χ1) is 12.7. The summed E-state index contributed by atoms with van der Waals surface area (Å²) in [5.74, 6) is 2.25. The number of hydrazine groups is 2. The molecule has 2 aromatic carbocycles. The Bertz CT molecular complexity index is 985. The predicted molar refractivity (Wildman–Crippen MR) is 95.7 cm³/mol. The first-order valence-corrected chi connectivity index (χ1v) is 8.39. The molecule has 0 radical (unpaired) electrons. The van der Waals surface area contributed by atoms with E-state index in [0.29, 0.717) is 29.3 Å². The zero-order chi connectivity index (χ0) is 17.7. The number of hydrogen-bond donors (Lipinski definition) is 2. The fourth-order valence-corrected chi connectivity index (χ4v) is 3.12. The van der Waals surface area contributed by atoms with Crippen molar-refractivity contribution in [2.75, 3.05) is 17.2 Å². The van der Waals surface area contributed by atoms with Crippen molar-refractivity contribution in [2.24, 2.45) is 0 Å². The summed E-state index contributed by atoms with van der Waals surface area (Å²) in [6.07, 6.45) is 0. The van der Waals surface area contributed by atoms with Crippen molar-refractivity contribution in [3.05, 3.63) is 36.4 Å². The van der Waals surface area contributed by atoms with Crippen molar-refractivity contribution in [1.29, 1.82) is 0 Å². The summed E-state index contributed by atoms with van der Waals surface area (Å²) in [5, 5.41) is 6.17. The second-order valence-electron chi connectivity index (χ2n) is 6.39. The summed E-state index contributed by atoms with van der Waals surface area (Å²) < 4.78 is 16.4. The third-order valence-electron chi connectivity index (χ3n) is 4.39. The molecule has 2 aliphatic heterocycles. The fourth-order valence-electron chi connectivity index (χ4n) is 3.12. The molecular weight excluding hydrogens is 334 g/mol. The minimum Gasteiger partial charge on any atom is -0.454 e. The highest BCUT2D eigenvalue weighted by molar-refractivity contribution is 5.79. The van der Waals surface area contributed by atoms with Gasteiger partial charge in [0, 0.05) is 11.6 Å². The van der Waals surface area contributed by atoms with E-state index in [-0.39, 0.29) is 6.79 Å². The van der Waals surface area contributed by atoms with Gasteiger partial charge in [0.05, 0.1) is 16.9 Å². The van der Waals surface area contributed by atoms with E-state index in [4.69, 9.17) is 14.0 Å². The van der Waals surface area contributed by atoms with Gasteiger partial charge in [0.15, 0.2) is 11.5 Å². The summed E-state index contributed by atoms with van der Waals surface area (Å²) in [5.41, 5.74) is 9.95. The molecular formula is C18H17N5O3. The first kappa shape index (κ1) is 15.0. The largest absolute Gasteiger partial charge is 0.454 e. The van der Waals surface area contributed by atoms with Crippen LogP contribution in [0.1, 0.15) is 13.8 Å². The summed E-state index contributed by atoms with van der Waals surface area (Å²) in [4.78, 5) is 4.53. The molecule has 2 N–H and O–H groups in total. The monoisotopic (exact) mass is 351 g/mol. The number of benzene rings is 2. The van der Waals surface area contributed by atoms with E-state index in [1.807, 2.05) is 36.4 Å². The van der Waals surface area contributed by atoms with E-state index in [1.54, 1.807) is 0 Å². The Kier molecular flexibility index (Phi) is 3.26. The van der Waals surface area contributed by atoms with Gasteiger partial charge in [-0.3, -0.25) is 5.01 Å². The van der Waals surface area contributed by atoms with E-state index in [2.05, 4.69) is 40.0 Å². The highest BCUT2D eigenvalue weighted by atomic mass is 16.7. The van der Waals surface area contributed by atoms with E-state index >= 15 is 0 Å². The lowest BCUT2D eigenvalue weighted by atomic mass is 10.1. The highest BCUT2D eigenvalue weighted by Gasteiger charge is 2.24. The van der Waals surface area contributed by atoms with Gasteiger partial charge >= 0.3 is 0 Å². The average molecular weight is 351 g/mol. The molecule has 2 aliphatic rings. The Morgan fingerprint density at radius 3 is 2.96 bits per heavy atom. The van der Waals surface area contributed by atoms with Gasteiger partial charge in [0.2, 0.25) is 12.6 Å². The molecule has 0 aliphatic carbocycles. The number of nitrogens with zero attached hydrogens (tertiary/aromatic N) is 3. The minimum atomic E-state index is 0.201.